The molecule has 0 aromatic carbocycles. The minimum Gasteiger partial charge on any atom is -0.387 e. The monoisotopic (exact) mass is 436 g/mol. The summed E-state index contributed by atoms with van der Waals surface area (Å²) in [6, 6.07) is 0. The van der Waals surface area contributed by atoms with Crippen molar-refractivity contribution in [3.63, 3.8) is 0 Å². The second-order valence-electron chi connectivity index (χ2n) is 6.32. The number of ether oxygens (including phenoxy) is 1. The Balaban J connectivity index is 1.95. The van der Waals surface area contributed by atoms with Crippen LogP contribution in [0.15, 0.2) is 11.4 Å². The van der Waals surface area contributed by atoms with E-state index in [2.05, 4.69) is 19.2 Å². The Labute approximate surface area is 164 Å². The highest BCUT2D eigenvalue weighted by Crippen LogP contribution is 2.38. The number of halogens is 1. The third-order valence-electron chi connectivity index (χ3n) is 4.31. The number of hydrogen-bond acceptors (Lipinski definition) is 10. The van der Waals surface area contributed by atoms with Gasteiger partial charge in [0.15, 0.2) is 18.0 Å². The summed E-state index contributed by atoms with van der Waals surface area (Å²) in [6.45, 7) is 3.38. The van der Waals surface area contributed by atoms with E-state index in [0.717, 1.165) is 6.42 Å². The lowest BCUT2D eigenvalue weighted by Crippen LogP contribution is -2.33. The van der Waals surface area contributed by atoms with Crippen molar-refractivity contribution in [2.75, 3.05) is 12.3 Å². The molecule has 11 nitrogen and oxygen atoms in total. The van der Waals surface area contributed by atoms with Crippen LogP contribution in [0, 0.1) is 0 Å². The van der Waals surface area contributed by atoms with Gasteiger partial charge in [0.2, 0.25) is 0 Å². The number of thioether (sulfide) groups is 1. The molecule has 0 bridgehead atoms. The van der Waals surface area contributed by atoms with Crippen molar-refractivity contribution in [2.45, 2.75) is 55.2 Å². The fourth-order valence-corrected chi connectivity index (χ4v) is 4.02. The summed E-state index contributed by atoms with van der Waals surface area (Å²) in [5.74, 6) is 0.185. The van der Waals surface area contributed by atoms with E-state index >= 15 is 0 Å². The van der Waals surface area contributed by atoms with E-state index in [9.17, 15) is 17.9 Å². The number of fused-ring (bicyclic) bond motifs is 1. The Morgan fingerprint density at radius 2 is 2.21 bits per heavy atom. The van der Waals surface area contributed by atoms with Gasteiger partial charge in [-0.1, -0.05) is 13.8 Å². The van der Waals surface area contributed by atoms with Gasteiger partial charge in [0, 0.05) is 5.25 Å². The lowest BCUT2D eigenvalue weighted by atomic mass is 10.1. The molecule has 0 amide bonds. The van der Waals surface area contributed by atoms with E-state index in [4.69, 9.17) is 15.6 Å². The molecule has 0 radical (unpaired) electrons. The average Bonchev–Trinajstić information content (AvgIpc) is 3.12. The van der Waals surface area contributed by atoms with Crippen LogP contribution in [0.1, 0.15) is 26.5 Å². The molecule has 0 aliphatic carbocycles. The lowest BCUT2D eigenvalue weighted by Gasteiger charge is -2.14. The van der Waals surface area contributed by atoms with Gasteiger partial charge in [0.1, 0.15) is 29.4 Å². The molecular formula is C14H21FN6O5S2. The Morgan fingerprint density at radius 3 is 2.86 bits per heavy atom. The summed E-state index contributed by atoms with van der Waals surface area (Å²) in [7, 11) is -4.26. The molecule has 1 saturated heterocycles. The van der Waals surface area contributed by atoms with Crippen LogP contribution in [0.2, 0.25) is 0 Å². The first-order valence-electron chi connectivity index (χ1n) is 8.42. The molecule has 5 atom stereocenters. The van der Waals surface area contributed by atoms with Gasteiger partial charge in [-0.15, -0.1) is 11.8 Å². The second-order valence-corrected chi connectivity index (χ2v) is 8.97. The zero-order valence-electron chi connectivity index (χ0n) is 15.1. The standard InChI is InChI=1S/C14H21FN6O5S2/c1-3-6(2)27-13-8-11(16)18-5-19-12(8)21(20-13)14-9(15)10(22)7(26-14)4-25-28(17,23)24/h5-7,9-10,14,22H,3-4H2,1-2H3,(H2,16,18,19)(H2,17,23,24)/t6-,7-,9+,10-,14-/m1/s1. The summed E-state index contributed by atoms with van der Waals surface area (Å²) >= 11 is 1.43. The van der Waals surface area contributed by atoms with Gasteiger partial charge in [-0.3, -0.25) is 4.18 Å². The van der Waals surface area contributed by atoms with Crippen LogP contribution in [0.3, 0.4) is 0 Å². The third kappa shape index (κ3) is 4.21. The second kappa shape index (κ2) is 8.04. The van der Waals surface area contributed by atoms with Crippen LogP contribution in [0.4, 0.5) is 10.2 Å². The average molecular weight is 436 g/mol. The molecule has 3 heterocycles. The molecule has 2 aromatic rings. The van der Waals surface area contributed by atoms with Gasteiger partial charge in [-0.2, -0.15) is 13.5 Å². The molecule has 0 unspecified atom stereocenters. The number of aliphatic hydroxyl groups is 1. The molecule has 1 aliphatic heterocycles. The highest BCUT2D eigenvalue weighted by Gasteiger charge is 2.47. The van der Waals surface area contributed by atoms with E-state index in [1.165, 1.54) is 22.8 Å². The van der Waals surface area contributed by atoms with Gasteiger partial charge in [0.05, 0.1) is 12.0 Å². The Hall–Kier alpha value is -1.58. The van der Waals surface area contributed by atoms with E-state index in [0.29, 0.717) is 10.4 Å². The van der Waals surface area contributed by atoms with Crippen molar-refractivity contribution in [1.29, 1.82) is 0 Å². The minimum atomic E-state index is -4.26. The van der Waals surface area contributed by atoms with Crippen molar-refractivity contribution >= 4 is 38.9 Å². The third-order valence-corrected chi connectivity index (χ3v) is 6.01. The predicted molar refractivity (Wildman–Crippen MR) is 99.2 cm³/mol. The number of alkyl halides is 1. The number of nitrogen functional groups attached to an aromatic ring is 1. The number of aliphatic hydroxyl groups excluding tert-OH is 1. The molecule has 0 saturated carbocycles. The van der Waals surface area contributed by atoms with Crippen LogP contribution < -0.4 is 10.9 Å². The van der Waals surface area contributed by atoms with Crippen LogP contribution in [-0.2, 0) is 19.2 Å². The normalized spacial score (nSPS) is 26.8. The number of rotatable bonds is 7. The summed E-state index contributed by atoms with van der Waals surface area (Å²) < 4.78 is 47.7. The zero-order valence-corrected chi connectivity index (χ0v) is 16.7. The van der Waals surface area contributed by atoms with Crippen molar-refractivity contribution in [3.8, 4) is 0 Å². The Morgan fingerprint density at radius 1 is 1.50 bits per heavy atom. The fraction of sp³-hybridized carbons (Fsp3) is 0.643. The zero-order chi connectivity index (χ0) is 20.6. The molecule has 0 spiro atoms. The molecule has 14 heteroatoms. The highest BCUT2D eigenvalue weighted by molar-refractivity contribution is 8.00. The highest BCUT2D eigenvalue weighted by atomic mass is 32.2. The maximum Gasteiger partial charge on any atom is 0.333 e. The predicted octanol–water partition coefficient (Wildman–Crippen LogP) is 0.116. The van der Waals surface area contributed by atoms with Gasteiger partial charge in [-0.25, -0.2) is 24.2 Å². The fourth-order valence-electron chi connectivity index (χ4n) is 2.70. The van der Waals surface area contributed by atoms with Crippen molar-refractivity contribution in [1.82, 2.24) is 19.7 Å². The smallest absolute Gasteiger partial charge is 0.333 e. The van der Waals surface area contributed by atoms with E-state index in [-0.39, 0.29) is 16.7 Å². The summed E-state index contributed by atoms with van der Waals surface area (Å²) in [6.07, 6.45) is -4.09. The van der Waals surface area contributed by atoms with Gasteiger partial charge in [-0.05, 0) is 6.42 Å². The number of nitrogens with two attached hydrogens (primary N) is 2. The van der Waals surface area contributed by atoms with Crippen molar-refractivity contribution in [3.05, 3.63) is 6.33 Å². The van der Waals surface area contributed by atoms with Gasteiger partial charge in [0.25, 0.3) is 0 Å². The number of anilines is 1. The molecule has 1 fully saturated rings. The van der Waals surface area contributed by atoms with E-state index in [1.807, 2.05) is 13.8 Å². The molecule has 1 aliphatic rings. The Bertz CT molecular complexity index is 957. The van der Waals surface area contributed by atoms with Crippen LogP contribution in [-0.4, -0.2) is 63.5 Å². The van der Waals surface area contributed by atoms with E-state index < -0.39 is 41.5 Å². The molecule has 28 heavy (non-hydrogen) atoms. The van der Waals surface area contributed by atoms with Gasteiger partial charge < -0.3 is 15.6 Å². The first-order chi connectivity index (χ1) is 13.1. The van der Waals surface area contributed by atoms with Crippen molar-refractivity contribution < 1.29 is 26.8 Å². The summed E-state index contributed by atoms with van der Waals surface area (Å²) in [5.41, 5.74) is 6.21. The number of nitrogens with zero attached hydrogens (tertiary/aromatic N) is 4. The van der Waals surface area contributed by atoms with Crippen molar-refractivity contribution in [2.24, 2.45) is 5.14 Å². The molecule has 5 N–H and O–H groups in total. The summed E-state index contributed by atoms with van der Waals surface area (Å²) in [5, 5.41) is 20.4. The first kappa shape index (κ1) is 21.1. The molecule has 156 valence electrons. The van der Waals surface area contributed by atoms with Crippen LogP contribution in [0.25, 0.3) is 11.0 Å². The Kier molecular flexibility index (Phi) is 6.07. The molecular weight excluding hydrogens is 415 g/mol. The maximum atomic E-state index is 14.8. The first-order valence-corrected chi connectivity index (χ1v) is 10.8. The van der Waals surface area contributed by atoms with E-state index in [1.54, 1.807) is 0 Å². The number of aromatic nitrogens is 4. The largest absolute Gasteiger partial charge is 0.387 e. The van der Waals surface area contributed by atoms with Crippen LogP contribution in [0.5, 0.6) is 0 Å². The molecule has 2 aromatic heterocycles. The quantitative estimate of drug-likeness (QED) is 0.507. The van der Waals surface area contributed by atoms with Crippen LogP contribution >= 0.6 is 11.8 Å². The lowest BCUT2D eigenvalue weighted by molar-refractivity contribution is -0.0456. The number of hydrogen-bond donors (Lipinski definition) is 3. The van der Waals surface area contributed by atoms with Gasteiger partial charge >= 0.3 is 10.3 Å². The summed E-state index contributed by atoms with van der Waals surface area (Å²) in [4.78, 5) is 8.09. The molecule has 3 rings (SSSR count). The minimum absolute atomic E-state index is 0.185. The topological polar surface area (TPSA) is 168 Å². The maximum absolute atomic E-state index is 14.8. The SMILES string of the molecule is CC[C@@H](C)Sc1nn([C@@H]2O[C@H](COS(N)(=O)=O)[C@@H](O)[C@@H]2F)c2ncnc(N)c12.